The lowest BCUT2D eigenvalue weighted by atomic mass is 9.45. The highest BCUT2D eigenvalue weighted by molar-refractivity contribution is 5.83. The van der Waals surface area contributed by atoms with Crippen LogP contribution in [0.2, 0.25) is 0 Å². The predicted molar refractivity (Wildman–Crippen MR) is 133 cm³/mol. The minimum atomic E-state index is -1.13. The molecule has 0 spiro atoms. The number of phenols is 1. The third-order valence-corrected chi connectivity index (χ3v) is 11.2. The van der Waals surface area contributed by atoms with Gasteiger partial charge in [-0.3, -0.25) is 4.79 Å². The van der Waals surface area contributed by atoms with Crippen LogP contribution in [0.3, 0.4) is 0 Å². The Kier molecular flexibility index (Phi) is 5.80. The summed E-state index contributed by atoms with van der Waals surface area (Å²) in [6.07, 6.45) is 11.2. The number of Topliss-reactive ketones (excluding diaryl/α,β-unsaturated/α-hetero) is 1. The largest absolute Gasteiger partial charge is 0.508 e. The van der Waals surface area contributed by atoms with Gasteiger partial charge in [0.05, 0.1) is 6.61 Å². The lowest BCUT2D eigenvalue weighted by molar-refractivity contribution is -0.231. The molecule has 4 nitrogen and oxygen atoms in total. The maximum atomic E-state index is 12.9. The number of carbonyl (C=O) groups excluding carboxylic acids is 1. The van der Waals surface area contributed by atoms with Crippen LogP contribution in [0.4, 0.5) is 0 Å². The lowest BCUT2D eigenvalue weighted by Crippen LogP contribution is -2.55. The van der Waals surface area contributed by atoms with Gasteiger partial charge in [0.15, 0.2) is 5.79 Å². The molecule has 4 aliphatic carbocycles. The summed E-state index contributed by atoms with van der Waals surface area (Å²) in [6.45, 7) is 9.28. The average Bonchev–Trinajstić information content (AvgIpc) is 3.13. The number of rotatable bonds is 5. The molecule has 2 N–H and O–H groups in total. The summed E-state index contributed by atoms with van der Waals surface area (Å²) >= 11 is 0. The van der Waals surface area contributed by atoms with Gasteiger partial charge < -0.3 is 14.9 Å². The highest BCUT2D eigenvalue weighted by Gasteiger charge is 2.65. The van der Waals surface area contributed by atoms with Crippen molar-refractivity contribution < 1.29 is 19.7 Å². The van der Waals surface area contributed by atoms with Crippen molar-refractivity contribution in [3.05, 3.63) is 41.5 Å². The molecule has 3 saturated carbocycles. The molecule has 4 aliphatic rings. The fourth-order valence-corrected chi connectivity index (χ4v) is 9.09. The molecule has 0 amide bonds. The number of carbonyl (C=O) groups is 1. The number of phenolic OH excluding ortho intramolecular Hbond substituents is 1. The van der Waals surface area contributed by atoms with E-state index in [0.717, 1.165) is 37.7 Å². The van der Waals surface area contributed by atoms with E-state index >= 15 is 0 Å². The van der Waals surface area contributed by atoms with Crippen LogP contribution < -0.4 is 0 Å². The van der Waals surface area contributed by atoms with Gasteiger partial charge in [-0.2, -0.15) is 0 Å². The summed E-state index contributed by atoms with van der Waals surface area (Å²) in [5.74, 6) is 1.42. The highest BCUT2D eigenvalue weighted by Crippen LogP contribution is 2.70. The van der Waals surface area contributed by atoms with Gasteiger partial charge in [0.2, 0.25) is 0 Å². The number of benzene rings is 1. The topological polar surface area (TPSA) is 66.8 Å². The molecule has 0 heterocycles. The molecule has 1 aromatic rings. The maximum Gasteiger partial charge on any atom is 0.169 e. The van der Waals surface area contributed by atoms with Crippen LogP contribution in [0.25, 0.3) is 0 Å². The van der Waals surface area contributed by atoms with Crippen LogP contribution in [-0.2, 0) is 16.1 Å². The summed E-state index contributed by atoms with van der Waals surface area (Å²) in [6, 6.07) is 7.00. The second-order valence-corrected chi connectivity index (χ2v) is 12.3. The summed E-state index contributed by atoms with van der Waals surface area (Å²) in [5.41, 5.74) is 2.44. The number of hydrogen-bond donors (Lipinski definition) is 2. The van der Waals surface area contributed by atoms with Crippen molar-refractivity contribution in [1.29, 1.82) is 0 Å². The van der Waals surface area contributed by atoms with Gasteiger partial charge in [0.25, 0.3) is 0 Å². The fourth-order valence-electron chi connectivity index (χ4n) is 9.09. The minimum Gasteiger partial charge on any atom is -0.508 e. The van der Waals surface area contributed by atoms with Gasteiger partial charge in [-0.1, -0.05) is 44.6 Å². The van der Waals surface area contributed by atoms with E-state index in [0.29, 0.717) is 43.0 Å². The smallest absolute Gasteiger partial charge is 0.169 e. The zero-order chi connectivity index (χ0) is 24.4. The van der Waals surface area contributed by atoms with E-state index in [2.05, 4.69) is 26.8 Å². The van der Waals surface area contributed by atoms with Crippen molar-refractivity contribution in [3.8, 4) is 5.75 Å². The molecule has 0 unspecified atom stereocenters. The molecule has 3 fully saturated rings. The number of ketones is 1. The Hall–Kier alpha value is -1.65. The SMILES string of the molecule is CC[C@]1(C(C)=O)CC[C@H]2[C@@H]3CC=C4C[C@](O)(OCc5ccc(O)cc5)CC[C@]4(C)[C@H]3CC[C@@]21C. The number of ether oxygens (including phenoxy) is 1. The number of allylic oxidation sites excluding steroid dienone is 1. The molecule has 34 heavy (non-hydrogen) atoms. The first kappa shape index (κ1) is 24.1. The summed E-state index contributed by atoms with van der Waals surface area (Å²) in [4.78, 5) is 12.9. The van der Waals surface area contributed by atoms with Crippen molar-refractivity contribution >= 4 is 5.78 Å². The van der Waals surface area contributed by atoms with Gasteiger partial charge in [-0.25, -0.2) is 0 Å². The maximum absolute atomic E-state index is 12.9. The van der Waals surface area contributed by atoms with Crippen molar-refractivity contribution in [2.45, 2.75) is 97.9 Å². The molecular formula is C30H42O4. The number of aliphatic hydroxyl groups is 1. The molecule has 7 atom stereocenters. The molecule has 1 aromatic carbocycles. The highest BCUT2D eigenvalue weighted by atomic mass is 16.6. The average molecular weight is 467 g/mol. The Labute approximate surface area is 204 Å². The quantitative estimate of drug-likeness (QED) is 0.382. The Morgan fingerprint density at radius 1 is 1.06 bits per heavy atom. The van der Waals surface area contributed by atoms with E-state index in [1.165, 1.54) is 18.4 Å². The molecular weight excluding hydrogens is 424 g/mol. The van der Waals surface area contributed by atoms with E-state index in [4.69, 9.17) is 4.74 Å². The zero-order valence-corrected chi connectivity index (χ0v) is 21.4. The van der Waals surface area contributed by atoms with Crippen LogP contribution >= 0.6 is 0 Å². The van der Waals surface area contributed by atoms with E-state index in [9.17, 15) is 15.0 Å². The van der Waals surface area contributed by atoms with Crippen LogP contribution in [0, 0.1) is 34.0 Å². The van der Waals surface area contributed by atoms with Crippen molar-refractivity contribution in [2.75, 3.05) is 0 Å². The van der Waals surface area contributed by atoms with E-state index in [1.54, 1.807) is 12.1 Å². The molecule has 0 radical (unpaired) electrons. The third kappa shape index (κ3) is 3.43. The molecule has 0 saturated heterocycles. The van der Waals surface area contributed by atoms with Crippen molar-refractivity contribution in [2.24, 2.45) is 34.0 Å². The van der Waals surface area contributed by atoms with Gasteiger partial charge >= 0.3 is 0 Å². The monoisotopic (exact) mass is 466 g/mol. The van der Waals surface area contributed by atoms with Crippen LogP contribution in [0.15, 0.2) is 35.9 Å². The van der Waals surface area contributed by atoms with E-state index in [-0.39, 0.29) is 22.0 Å². The van der Waals surface area contributed by atoms with Gasteiger partial charge in [-0.05, 0) is 98.1 Å². The Balaban J connectivity index is 1.35. The molecule has 4 heteroatoms. The second-order valence-electron chi connectivity index (χ2n) is 12.3. The Bertz CT molecular complexity index is 982. The molecule has 5 rings (SSSR count). The normalized spacial score (nSPS) is 43.4. The van der Waals surface area contributed by atoms with E-state index in [1.807, 2.05) is 19.1 Å². The first-order chi connectivity index (χ1) is 16.1. The Morgan fingerprint density at radius 2 is 1.76 bits per heavy atom. The van der Waals surface area contributed by atoms with Gasteiger partial charge in [0, 0.05) is 18.3 Å². The van der Waals surface area contributed by atoms with E-state index < -0.39 is 5.79 Å². The zero-order valence-electron chi connectivity index (χ0n) is 21.4. The standard InChI is InChI=1S/C30H42O4/c1-5-29(20(2)31)15-13-26-24-11-8-22-18-30(33,34-19-21-6-9-23(32)10-7-21)17-16-27(22,3)25(24)12-14-28(26,29)4/h6-10,24-26,32-33H,5,11-19H2,1-4H3/t24-,25+,26+,27+,28+,29-,30-/m1/s1. The number of fused-ring (bicyclic) bond motifs is 5. The number of hydrogen-bond acceptors (Lipinski definition) is 4. The second kappa shape index (κ2) is 8.20. The van der Waals surface area contributed by atoms with Crippen molar-refractivity contribution in [3.63, 3.8) is 0 Å². The third-order valence-electron chi connectivity index (χ3n) is 11.2. The first-order valence-corrected chi connectivity index (χ1v) is 13.4. The van der Waals surface area contributed by atoms with Crippen molar-refractivity contribution in [1.82, 2.24) is 0 Å². The Morgan fingerprint density at radius 3 is 2.44 bits per heavy atom. The molecule has 0 aliphatic heterocycles. The fraction of sp³-hybridized carbons (Fsp3) is 0.700. The van der Waals surface area contributed by atoms with Crippen LogP contribution in [0.1, 0.15) is 91.0 Å². The molecule has 186 valence electrons. The lowest BCUT2D eigenvalue weighted by Gasteiger charge is -2.60. The van der Waals surface area contributed by atoms with Crippen LogP contribution in [0.5, 0.6) is 5.75 Å². The number of aromatic hydroxyl groups is 1. The molecule has 0 bridgehead atoms. The summed E-state index contributed by atoms with van der Waals surface area (Å²) < 4.78 is 6.08. The summed E-state index contributed by atoms with van der Waals surface area (Å²) in [5, 5.41) is 20.8. The molecule has 0 aromatic heterocycles. The first-order valence-electron chi connectivity index (χ1n) is 13.4. The predicted octanol–water partition coefficient (Wildman–Crippen LogP) is 6.55. The van der Waals surface area contributed by atoms with Gasteiger partial charge in [-0.15, -0.1) is 0 Å². The minimum absolute atomic E-state index is 0.117. The van der Waals surface area contributed by atoms with Gasteiger partial charge in [0.1, 0.15) is 11.5 Å². The van der Waals surface area contributed by atoms with Crippen LogP contribution in [-0.4, -0.2) is 21.8 Å². The summed E-state index contributed by atoms with van der Waals surface area (Å²) in [7, 11) is 0.